The van der Waals surface area contributed by atoms with Crippen LogP contribution in [0.15, 0.2) is 36.4 Å². The van der Waals surface area contributed by atoms with Crippen LogP contribution in [-0.4, -0.2) is 40.0 Å². The lowest BCUT2D eigenvalue weighted by Gasteiger charge is -2.07. The van der Waals surface area contributed by atoms with Crippen LogP contribution in [-0.2, 0) is 4.74 Å². The second kappa shape index (κ2) is 9.59. The molecule has 0 radical (unpaired) electrons. The largest absolute Gasteiger partial charge is 0.573 e. The summed E-state index contributed by atoms with van der Waals surface area (Å²) in [7, 11) is 1.28. The van der Waals surface area contributed by atoms with Crippen molar-refractivity contribution in [2.24, 2.45) is 5.73 Å². The molecule has 2 heterocycles. The number of ether oxygens (including phenoxy) is 2. The van der Waals surface area contributed by atoms with Gasteiger partial charge in [0.05, 0.1) is 33.9 Å². The zero-order valence-electron chi connectivity index (χ0n) is 16.7. The van der Waals surface area contributed by atoms with Crippen LogP contribution in [0.4, 0.5) is 24.3 Å². The Morgan fingerprint density at radius 3 is 2.59 bits per heavy atom. The minimum Gasteiger partial charge on any atom is -0.465 e. The number of hydrogen-bond acceptors (Lipinski definition) is 8. The van der Waals surface area contributed by atoms with E-state index in [0.29, 0.717) is 31.9 Å². The van der Waals surface area contributed by atoms with E-state index < -0.39 is 12.3 Å². The molecule has 0 saturated heterocycles. The average molecular weight is 488 g/mol. The first-order chi connectivity index (χ1) is 15.1. The van der Waals surface area contributed by atoms with Gasteiger partial charge in [0.1, 0.15) is 5.75 Å². The van der Waals surface area contributed by atoms with Crippen molar-refractivity contribution < 1.29 is 27.4 Å². The molecule has 8 nitrogen and oxygen atoms in total. The number of nitrogens with zero attached hydrogens (tertiary/aromatic N) is 3. The molecule has 32 heavy (non-hydrogen) atoms. The lowest BCUT2D eigenvalue weighted by molar-refractivity contribution is -0.274. The standard InChI is InChI=1S/C17H10ClF3N4O3S.C2H7N/c1-27-14(26)8-2-5-12-11(6-8)22-15(25(12)18)24-16-23-10-4-3-9(7-13(10)29-16)28-17(19,20)21;1-2-3/h2-7H,1H3,(H,22,23,24);2-3H2,1H3. The summed E-state index contributed by atoms with van der Waals surface area (Å²) in [6.45, 7) is 2.65. The van der Waals surface area contributed by atoms with Gasteiger partial charge in [-0.3, -0.25) is 0 Å². The molecule has 0 aliphatic carbocycles. The molecule has 2 aromatic heterocycles. The summed E-state index contributed by atoms with van der Waals surface area (Å²) in [6.07, 6.45) is -4.77. The van der Waals surface area contributed by atoms with Gasteiger partial charge in [0.15, 0.2) is 5.13 Å². The Labute approximate surface area is 188 Å². The first-order valence-electron chi connectivity index (χ1n) is 9.05. The molecule has 3 N–H and O–H groups in total. The van der Waals surface area contributed by atoms with E-state index in [1.807, 2.05) is 6.92 Å². The molecule has 0 spiro atoms. The van der Waals surface area contributed by atoms with Crippen molar-refractivity contribution in [1.82, 2.24) is 14.1 Å². The zero-order valence-corrected chi connectivity index (χ0v) is 18.3. The van der Waals surface area contributed by atoms with E-state index in [0.717, 1.165) is 17.9 Å². The van der Waals surface area contributed by atoms with Gasteiger partial charge in [-0.15, -0.1) is 13.2 Å². The number of anilines is 2. The molecule has 0 saturated carbocycles. The number of esters is 1. The van der Waals surface area contributed by atoms with E-state index in [4.69, 9.17) is 17.5 Å². The maximum atomic E-state index is 12.4. The number of fused-ring (bicyclic) bond motifs is 2. The SMILES string of the molecule is CCN.COC(=O)c1ccc2c(c1)nc(Nc1nc3ccc(OC(F)(F)F)cc3s1)n2Cl. The quantitative estimate of drug-likeness (QED) is 0.388. The Morgan fingerprint density at radius 2 is 1.94 bits per heavy atom. The number of nitrogens with one attached hydrogen (secondary N) is 1. The number of carbonyl (C=O) groups is 1. The van der Waals surface area contributed by atoms with Crippen LogP contribution in [0.2, 0.25) is 0 Å². The molecular formula is C19H17ClF3N5O3S. The molecular weight excluding hydrogens is 471 g/mol. The molecule has 170 valence electrons. The van der Waals surface area contributed by atoms with Gasteiger partial charge in [0.25, 0.3) is 0 Å². The number of methoxy groups -OCH3 is 1. The highest BCUT2D eigenvalue weighted by Crippen LogP contribution is 2.33. The summed E-state index contributed by atoms with van der Waals surface area (Å²) in [6, 6.07) is 8.56. The van der Waals surface area contributed by atoms with Crippen molar-refractivity contribution in [3.8, 4) is 5.75 Å². The first-order valence-corrected chi connectivity index (χ1v) is 10.2. The lowest BCUT2D eigenvalue weighted by atomic mass is 10.2. The molecule has 13 heteroatoms. The number of alkyl halides is 3. The van der Waals surface area contributed by atoms with Crippen LogP contribution in [0.3, 0.4) is 0 Å². The fraction of sp³-hybridized carbons (Fsp3) is 0.211. The summed E-state index contributed by atoms with van der Waals surface area (Å²) in [5.74, 6) is -0.608. The zero-order chi connectivity index (χ0) is 23.5. The molecule has 0 atom stereocenters. The molecule has 0 fully saturated rings. The van der Waals surface area contributed by atoms with Gasteiger partial charge in [-0.05, 0) is 36.9 Å². The van der Waals surface area contributed by atoms with Gasteiger partial charge in [-0.2, -0.15) is 0 Å². The molecule has 0 aliphatic rings. The molecule has 0 amide bonds. The van der Waals surface area contributed by atoms with E-state index in [9.17, 15) is 18.0 Å². The topological polar surface area (TPSA) is 104 Å². The van der Waals surface area contributed by atoms with Gasteiger partial charge < -0.3 is 20.5 Å². The fourth-order valence-electron chi connectivity index (χ4n) is 2.62. The summed E-state index contributed by atoms with van der Waals surface area (Å²) in [5, 5.41) is 3.30. The van der Waals surface area contributed by atoms with E-state index in [2.05, 4.69) is 24.8 Å². The summed E-state index contributed by atoms with van der Waals surface area (Å²) in [4.78, 5) is 20.3. The van der Waals surface area contributed by atoms with Gasteiger partial charge in [0.2, 0.25) is 5.95 Å². The summed E-state index contributed by atoms with van der Waals surface area (Å²) < 4.78 is 47.5. The van der Waals surface area contributed by atoms with E-state index >= 15 is 0 Å². The van der Waals surface area contributed by atoms with Crippen LogP contribution < -0.4 is 15.8 Å². The normalized spacial score (nSPS) is 11.2. The number of nitrogens with two attached hydrogens (primary N) is 1. The third-order valence-electron chi connectivity index (χ3n) is 3.83. The second-order valence-corrected chi connectivity index (χ2v) is 7.51. The van der Waals surface area contributed by atoms with Crippen LogP contribution in [0.1, 0.15) is 17.3 Å². The Morgan fingerprint density at radius 1 is 1.22 bits per heavy atom. The molecule has 4 rings (SSSR count). The van der Waals surface area contributed by atoms with Crippen molar-refractivity contribution in [2.75, 3.05) is 19.0 Å². The highest BCUT2D eigenvalue weighted by molar-refractivity contribution is 7.22. The van der Waals surface area contributed by atoms with Crippen LogP contribution in [0.25, 0.3) is 21.3 Å². The highest BCUT2D eigenvalue weighted by atomic mass is 35.5. The lowest BCUT2D eigenvalue weighted by Crippen LogP contribution is -2.16. The summed E-state index contributed by atoms with van der Waals surface area (Å²) in [5.41, 5.74) is 6.65. The third kappa shape index (κ3) is 5.39. The Balaban J connectivity index is 0.000000913. The van der Waals surface area contributed by atoms with Crippen molar-refractivity contribution in [1.29, 1.82) is 0 Å². The van der Waals surface area contributed by atoms with Crippen molar-refractivity contribution >= 4 is 61.4 Å². The maximum Gasteiger partial charge on any atom is 0.573 e. The number of carbonyl (C=O) groups excluding carboxylic acids is 1. The molecule has 0 unspecified atom stereocenters. The summed E-state index contributed by atoms with van der Waals surface area (Å²) >= 11 is 7.38. The fourth-order valence-corrected chi connectivity index (χ4v) is 3.74. The molecule has 0 bridgehead atoms. The van der Waals surface area contributed by atoms with Crippen molar-refractivity contribution in [3.63, 3.8) is 0 Å². The number of rotatable bonds is 4. The Bertz CT molecular complexity index is 1260. The monoisotopic (exact) mass is 487 g/mol. The number of thiazole rings is 1. The van der Waals surface area contributed by atoms with Gasteiger partial charge in [0, 0.05) is 17.8 Å². The predicted molar refractivity (Wildman–Crippen MR) is 117 cm³/mol. The average Bonchev–Trinajstić information content (AvgIpc) is 3.26. The van der Waals surface area contributed by atoms with Gasteiger partial charge in [-0.25, -0.2) is 18.8 Å². The number of aromatic nitrogens is 3. The van der Waals surface area contributed by atoms with Gasteiger partial charge >= 0.3 is 12.3 Å². The van der Waals surface area contributed by atoms with E-state index in [1.165, 1.54) is 35.5 Å². The second-order valence-electron chi connectivity index (χ2n) is 6.14. The van der Waals surface area contributed by atoms with Crippen molar-refractivity contribution in [2.45, 2.75) is 13.3 Å². The smallest absolute Gasteiger partial charge is 0.465 e. The van der Waals surface area contributed by atoms with Gasteiger partial charge in [-0.1, -0.05) is 18.3 Å². The van der Waals surface area contributed by atoms with Crippen LogP contribution in [0, 0.1) is 0 Å². The minimum atomic E-state index is -4.77. The van der Waals surface area contributed by atoms with Crippen molar-refractivity contribution in [3.05, 3.63) is 42.0 Å². The minimum absolute atomic E-state index is 0.231. The Hall–Kier alpha value is -3.09. The number of halogens is 4. The highest BCUT2D eigenvalue weighted by Gasteiger charge is 2.31. The molecule has 4 aromatic rings. The predicted octanol–water partition coefficient (Wildman–Crippen LogP) is 5.04. The number of hydrogen-bond donors (Lipinski definition) is 2. The molecule has 2 aromatic carbocycles. The number of imidazole rings is 1. The number of benzene rings is 2. The third-order valence-corrected chi connectivity index (χ3v) is 5.11. The first kappa shape index (κ1) is 23.6. The van der Waals surface area contributed by atoms with E-state index in [1.54, 1.807) is 12.1 Å². The van der Waals surface area contributed by atoms with Crippen LogP contribution >= 0.6 is 23.1 Å². The molecule has 0 aliphatic heterocycles. The van der Waals surface area contributed by atoms with Crippen LogP contribution in [0.5, 0.6) is 5.75 Å². The Kier molecular flexibility index (Phi) is 7.06. The van der Waals surface area contributed by atoms with E-state index in [-0.39, 0.29) is 11.7 Å². The maximum absolute atomic E-state index is 12.4.